The first-order valence-corrected chi connectivity index (χ1v) is 6.73. The number of hydrogen-bond donors (Lipinski definition) is 1. The third kappa shape index (κ3) is 2.13. The van der Waals surface area contributed by atoms with Gasteiger partial charge in [-0.05, 0) is 25.1 Å². The predicted octanol–water partition coefficient (Wildman–Crippen LogP) is 3.27. The summed E-state index contributed by atoms with van der Waals surface area (Å²) in [7, 11) is 1.83. The molecule has 1 aromatic carbocycles. The van der Waals surface area contributed by atoms with Crippen molar-refractivity contribution in [1.29, 1.82) is 0 Å². The highest BCUT2D eigenvalue weighted by atomic mass is 32.1. The average molecular weight is 272 g/mol. The number of nitrogens with zero attached hydrogens (tertiary/aromatic N) is 1. The number of benzene rings is 1. The molecule has 0 aliphatic rings. The van der Waals surface area contributed by atoms with E-state index in [0.29, 0.717) is 16.8 Å². The maximum atomic E-state index is 12.0. The van der Waals surface area contributed by atoms with Crippen LogP contribution in [0.2, 0.25) is 0 Å². The van der Waals surface area contributed by atoms with Gasteiger partial charge in [-0.2, -0.15) is 0 Å². The number of thiazole rings is 1. The van der Waals surface area contributed by atoms with Crippen molar-refractivity contribution in [3.05, 3.63) is 45.1 Å². The van der Waals surface area contributed by atoms with Gasteiger partial charge < -0.3 is 9.73 Å². The van der Waals surface area contributed by atoms with Crippen molar-refractivity contribution in [3.8, 4) is 11.3 Å². The Morgan fingerprint density at radius 3 is 2.84 bits per heavy atom. The second-order valence-corrected chi connectivity index (χ2v) is 5.26. The number of nitrogens with one attached hydrogen (secondary N) is 1. The zero-order chi connectivity index (χ0) is 13.4. The summed E-state index contributed by atoms with van der Waals surface area (Å²) in [5.74, 6) is 0. The van der Waals surface area contributed by atoms with Gasteiger partial charge in [0.05, 0.1) is 16.3 Å². The van der Waals surface area contributed by atoms with Crippen molar-refractivity contribution in [3.63, 3.8) is 0 Å². The molecule has 0 bridgehead atoms. The second kappa shape index (κ2) is 4.51. The first kappa shape index (κ1) is 11.9. The molecule has 0 unspecified atom stereocenters. The fourth-order valence-electron chi connectivity index (χ4n) is 1.93. The Bertz CT molecular complexity index is 805. The van der Waals surface area contributed by atoms with Crippen LogP contribution < -0.4 is 10.9 Å². The Morgan fingerprint density at radius 1 is 1.32 bits per heavy atom. The smallest absolute Gasteiger partial charge is 0.345 e. The van der Waals surface area contributed by atoms with Crippen molar-refractivity contribution in [2.45, 2.75) is 6.92 Å². The summed E-state index contributed by atoms with van der Waals surface area (Å²) in [6.45, 7) is 1.91. The van der Waals surface area contributed by atoms with Crippen molar-refractivity contribution < 1.29 is 4.42 Å². The van der Waals surface area contributed by atoms with Gasteiger partial charge in [0.15, 0.2) is 0 Å². The van der Waals surface area contributed by atoms with E-state index in [0.717, 1.165) is 16.1 Å². The predicted molar refractivity (Wildman–Crippen MR) is 77.9 cm³/mol. The van der Waals surface area contributed by atoms with E-state index in [-0.39, 0.29) is 5.63 Å². The zero-order valence-electron chi connectivity index (χ0n) is 10.6. The third-order valence-electron chi connectivity index (χ3n) is 2.92. The highest BCUT2D eigenvalue weighted by Crippen LogP contribution is 2.24. The Hall–Kier alpha value is -2.14. The normalized spacial score (nSPS) is 10.8. The molecular weight excluding hydrogens is 260 g/mol. The minimum absolute atomic E-state index is 0.356. The van der Waals surface area contributed by atoms with Crippen LogP contribution >= 0.6 is 11.3 Å². The molecule has 0 spiro atoms. The number of rotatable bonds is 2. The Balaban J connectivity index is 2.22. The molecule has 3 rings (SSSR count). The van der Waals surface area contributed by atoms with Gasteiger partial charge in [0.1, 0.15) is 5.58 Å². The molecule has 2 heterocycles. The van der Waals surface area contributed by atoms with Gasteiger partial charge >= 0.3 is 5.63 Å². The maximum absolute atomic E-state index is 12.0. The van der Waals surface area contributed by atoms with E-state index in [1.165, 1.54) is 11.3 Å². The van der Waals surface area contributed by atoms with Gasteiger partial charge in [-0.25, -0.2) is 9.78 Å². The number of hydrogen-bond acceptors (Lipinski definition) is 5. The summed E-state index contributed by atoms with van der Waals surface area (Å²) in [6.07, 6.45) is 0. The largest absolute Gasteiger partial charge is 0.422 e. The Kier molecular flexibility index (Phi) is 2.83. The van der Waals surface area contributed by atoms with Gasteiger partial charge in [-0.1, -0.05) is 0 Å². The van der Waals surface area contributed by atoms with Crippen molar-refractivity contribution in [2.75, 3.05) is 12.4 Å². The SMILES string of the molecule is CNc1ccc2cc(-c3csc(C)n3)c(=O)oc2c1. The molecule has 4 nitrogen and oxygen atoms in total. The van der Waals surface area contributed by atoms with E-state index in [2.05, 4.69) is 10.3 Å². The van der Waals surface area contributed by atoms with Crippen LogP contribution in [0.4, 0.5) is 5.69 Å². The van der Waals surface area contributed by atoms with Gasteiger partial charge in [0, 0.05) is 29.6 Å². The van der Waals surface area contributed by atoms with Gasteiger partial charge in [0.2, 0.25) is 0 Å². The van der Waals surface area contributed by atoms with Crippen LogP contribution in [0.1, 0.15) is 5.01 Å². The van der Waals surface area contributed by atoms with E-state index in [1.54, 1.807) is 0 Å². The Morgan fingerprint density at radius 2 is 2.16 bits per heavy atom. The topological polar surface area (TPSA) is 55.1 Å². The number of anilines is 1. The highest BCUT2D eigenvalue weighted by molar-refractivity contribution is 7.09. The molecule has 3 aromatic rings. The van der Waals surface area contributed by atoms with Crippen molar-refractivity contribution in [1.82, 2.24) is 4.98 Å². The zero-order valence-corrected chi connectivity index (χ0v) is 11.4. The van der Waals surface area contributed by atoms with Crippen LogP contribution in [0.5, 0.6) is 0 Å². The standard InChI is InChI=1S/C14H12N2O2S/c1-8-16-12(7-19-8)11-5-9-3-4-10(15-2)6-13(9)18-14(11)17/h3-7,15H,1-2H3. The van der Waals surface area contributed by atoms with Crippen molar-refractivity contribution >= 4 is 28.0 Å². The lowest BCUT2D eigenvalue weighted by Crippen LogP contribution is -2.03. The van der Waals surface area contributed by atoms with Crippen LogP contribution in [-0.4, -0.2) is 12.0 Å². The molecule has 19 heavy (non-hydrogen) atoms. The summed E-state index contributed by atoms with van der Waals surface area (Å²) in [5, 5.41) is 6.70. The molecule has 0 saturated heterocycles. The molecular formula is C14H12N2O2S. The summed E-state index contributed by atoms with van der Waals surface area (Å²) in [5.41, 5.74) is 2.32. The van der Waals surface area contributed by atoms with E-state index >= 15 is 0 Å². The van der Waals surface area contributed by atoms with Gasteiger partial charge in [-0.15, -0.1) is 11.3 Å². The average Bonchev–Trinajstić information content (AvgIpc) is 2.83. The number of aromatic nitrogens is 1. The fraction of sp³-hybridized carbons (Fsp3) is 0.143. The summed E-state index contributed by atoms with van der Waals surface area (Å²) < 4.78 is 5.37. The molecule has 0 amide bonds. The molecule has 2 aromatic heterocycles. The molecule has 0 aliphatic heterocycles. The van der Waals surface area contributed by atoms with E-state index in [4.69, 9.17) is 4.42 Å². The third-order valence-corrected chi connectivity index (χ3v) is 3.69. The van der Waals surface area contributed by atoms with Crippen LogP contribution in [-0.2, 0) is 0 Å². The minimum Gasteiger partial charge on any atom is -0.422 e. The second-order valence-electron chi connectivity index (χ2n) is 4.20. The van der Waals surface area contributed by atoms with Gasteiger partial charge in [0.25, 0.3) is 0 Å². The summed E-state index contributed by atoms with van der Waals surface area (Å²) in [4.78, 5) is 16.3. The molecule has 0 saturated carbocycles. The molecule has 0 aliphatic carbocycles. The molecule has 5 heteroatoms. The lowest BCUT2D eigenvalue weighted by atomic mass is 10.1. The first-order valence-electron chi connectivity index (χ1n) is 5.85. The molecule has 0 atom stereocenters. The van der Waals surface area contributed by atoms with Crippen LogP contribution in [0.25, 0.3) is 22.2 Å². The first-order chi connectivity index (χ1) is 9.17. The molecule has 96 valence electrons. The monoisotopic (exact) mass is 272 g/mol. The molecule has 1 N–H and O–H groups in total. The lowest BCUT2D eigenvalue weighted by molar-refractivity contribution is 0.563. The minimum atomic E-state index is -0.356. The lowest BCUT2D eigenvalue weighted by Gasteiger charge is -2.03. The molecule has 0 radical (unpaired) electrons. The Labute approximate surface area is 113 Å². The number of fused-ring (bicyclic) bond motifs is 1. The van der Waals surface area contributed by atoms with Gasteiger partial charge in [-0.3, -0.25) is 0 Å². The fourth-order valence-corrected chi connectivity index (χ4v) is 2.55. The van der Waals surface area contributed by atoms with E-state index in [9.17, 15) is 4.79 Å². The highest BCUT2D eigenvalue weighted by Gasteiger charge is 2.10. The quantitative estimate of drug-likeness (QED) is 0.727. The van der Waals surface area contributed by atoms with Crippen LogP contribution in [0.15, 0.2) is 38.9 Å². The van der Waals surface area contributed by atoms with E-state index in [1.807, 2.05) is 43.6 Å². The maximum Gasteiger partial charge on any atom is 0.345 e. The van der Waals surface area contributed by atoms with Crippen LogP contribution in [0, 0.1) is 6.92 Å². The summed E-state index contributed by atoms with van der Waals surface area (Å²) >= 11 is 1.52. The molecule has 0 fully saturated rings. The van der Waals surface area contributed by atoms with Crippen molar-refractivity contribution in [2.24, 2.45) is 0 Å². The number of aryl methyl sites for hydroxylation is 1. The van der Waals surface area contributed by atoms with E-state index < -0.39 is 0 Å². The summed E-state index contributed by atoms with van der Waals surface area (Å²) in [6, 6.07) is 7.51. The van der Waals surface area contributed by atoms with Crippen LogP contribution in [0.3, 0.4) is 0 Å².